The Bertz CT molecular complexity index is 960. The summed E-state index contributed by atoms with van der Waals surface area (Å²) in [5.41, 5.74) is 3.25. The lowest BCUT2D eigenvalue weighted by molar-refractivity contribution is 0.250. The number of ether oxygens (including phenoxy) is 1. The van der Waals surface area contributed by atoms with E-state index in [4.69, 9.17) is 9.26 Å². The number of piperazine rings is 1. The van der Waals surface area contributed by atoms with Gasteiger partial charge >= 0.3 is 0 Å². The van der Waals surface area contributed by atoms with Crippen LogP contribution in [0.5, 0.6) is 5.75 Å². The molecule has 0 bridgehead atoms. The standard InChI is InChI=1S/C26H31N3O2/c1-2-30-26-13-7-6-12-25(26)29-19-17-28(18-20-29)16-8-11-24-21-23(27-31-24)15-14-22-9-4-3-5-10-22/h3-7,9-10,12-15,21H,2,8,11,16-20H2,1H3/b15-14+. The van der Waals surface area contributed by atoms with Crippen LogP contribution in [0.3, 0.4) is 0 Å². The number of hydrogen-bond acceptors (Lipinski definition) is 5. The Balaban J connectivity index is 1.20. The maximum atomic E-state index is 5.80. The van der Waals surface area contributed by atoms with Gasteiger partial charge in [-0.2, -0.15) is 0 Å². The van der Waals surface area contributed by atoms with Crippen LogP contribution in [0.25, 0.3) is 12.2 Å². The van der Waals surface area contributed by atoms with Gasteiger partial charge in [0.25, 0.3) is 0 Å². The number of aryl methyl sites for hydroxylation is 1. The predicted octanol–water partition coefficient (Wildman–Crippen LogP) is 5.00. The zero-order chi connectivity index (χ0) is 21.3. The Morgan fingerprint density at radius 1 is 0.968 bits per heavy atom. The molecule has 2 heterocycles. The van der Waals surface area contributed by atoms with Gasteiger partial charge in [0.05, 0.1) is 12.3 Å². The first-order chi connectivity index (χ1) is 15.3. The lowest BCUT2D eigenvalue weighted by Gasteiger charge is -2.36. The zero-order valence-corrected chi connectivity index (χ0v) is 18.2. The number of nitrogens with zero attached hydrogens (tertiary/aromatic N) is 3. The summed E-state index contributed by atoms with van der Waals surface area (Å²) in [7, 11) is 0. The van der Waals surface area contributed by atoms with Crippen LogP contribution in [0.4, 0.5) is 5.69 Å². The molecule has 0 atom stereocenters. The van der Waals surface area contributed by atoms with E-state index in [9.17, 15) is 0 Å². The van der Waals surface area contributed by atoms with Gasteiger partial charge in [0.1, 0.15) is 17.2 Å². The molecule has 0 aliphatic carbocycles. The van der Waals surface area contributed by atoms with E-state index < -0.39 is 0 Å². The molecule has 4 rings (SSSR count). The molecule has 5 nitrogen and oxygen atoms in total. The van der Waals surface area contributed by atoms with E-state index in [1.165, 1.54) is 5.69 Å². The van der Waals surface area contributed by atoms with Crippen LogP contribution in [0, 0.1) is 0 Å². The Morgan fingerprint density at radius 2 is 1.74 bits per heavy atom. The van der Waals surface area contributed by atoms with Gasteiger partial charge in [-0.05, 0) is 43.7 Å². The second-order valence-electron chi connectivity index (χ2n) is 7.80. The van der Waals surface area contributed by atoms with E-state index in [2.05, 4.69) is 51.4 Å². The molecule has 2 aromatic carbocycles. The van der Waals surface area contributed by atoms with Crippen LogP contribution in [-0.2, 0) is 6.42 Å². The molecule has 162 valence electrons. The maximum Gasteiger partial charge on any atom is 0.142 e. The minimum atomic E-state index is 0.697. The predicted molar refractivity (Wildman–Crippen MR) is 126 cm³/mol. The van der Waals surface area contributed by atoms with Crippen LogP contribution in [-0.4, -0.2) is 49.4 Å². The molecule has 3 aromatic rings. The maximum absolute atomic E-state index is 5.80. The molecule has 5 heteroatoms. The first kappa shape index (κ1) is 21.2. The van der Waals surface area contributed by atoms with Gasteiger partial charge in [0.2, 0.25) is 0 Å². The highest BCUT2D eigenvalue weighted by Gasteiger charge is 2.19. The van der Waals surface area contributed by atoms with Crippen LogP contribution in [0.2, 0.25) is 0 Å². The van der Waals surface area contributed by atoms with Gasteiger partial charge in [-0.1, -0.05) is 53.7 Å². The van der Waals surface area contributed by atoms with Gasteiger partial charge in [-0.3, -0.25) is 4.90 Å². The van der Waals surface area contributed by atoms with Crippen molar-refractivity contribution in [3.63, 3.8) is 0 Å². The lowest BCUT2D eigenvalue weighted by atomic mass is 10.2. The molecule has 0 unspecified atom stereocenters. The second kappa shape index (κ2) is 10.8. The van der Waals surface area contributed by atoms with Crippen molar-refractivity contribution < 1.29 is 9.26 Å². The number of benzene rings is 2. The van der Waals surface area contributed by atoms with E-state index in [1.807, 2.05) is 43.3 Å². The Hall–Kier alpha value is -3.05. The van der Waals surface area contributed by atoms with E-state index in [0.717, 1.165) is 68.3 Å². The van der Waals surface area contributed by atoms with Crippen molar-refractivity contribution >= 4 is 17.8 Å². The van der Waals surface area contributed by atoms with Crippen molar-refractivity contribution in [1.29, 1.82) is 0 Å². The Kier molecular flexibility index (Phi) is 7.40. The third-order valence-electron chi connectivity index (χ3n) is 5.60. The molecule has 1 fully saturated rings. The summed E-state index contributed by atoms with van der Waals surface area (Å²) in [4.78, 5) is 4.97. The molecule has 0 spiro atoms. The molecule has 0 N–H and O–H groups in total. The summed E-state index contributed by atoms with van der Waals surface area (Å²) >= 11 is 0. The first-order valence-electron chi connectivity index (χ1n) is 11.2. The number of hydrogen-bond donors (Lipinski definition) is 0. The summed E-state index contributed by atoms with van der Waals surface area (Å²) < 4.78 is 11.3. The fourth-order valence-corrected chi connectivity index (χ4v) is 3.96. The lowest BCUT2D eigenvalue weighted by Crippen LogP contribution is -2.46. The zero-order valence-electron chi connectivity index (χ0n) is 18.2. The topological polar surface area (TPSA) is 41.7 Å². The number of para-hydroxylation sites is 2. The van der Waals surface area contributed by atoms with Crippen LogP contribution in [0.1, 0.15) is 30.4 Å². The highest BCUT2D eigenvalue weighted by Crippen LogP contribution is 2.28. The highest BCUT2D eigenvalue weighted by atomic mass is 16.5. The molecule has 0 radical (unpaired) electrons. The molecule has 1 saturated heterocycles. The van der Waals surface area contributed by atoms with E-state index in [-0.39, 0.29) is 0 Å². The molecular weight excluding hydrogens is 386 g/mol. The molecule has 1 aromatic heterocycles. The first-order valence-corrected chi connectivity index (χ1v) is 11.2. The summed E-state index contributed by atoms with van der Waals surface area (Å²) in [6, 6.07) is 20.6. The number of rotatable bonds is 9. The Labute approximate surface area is 184 Å². The van der Waals surface area contributed by atoms with Crippen LogP contribution >= 0.6 is 0 Å². The fourth-order valence-electron chi connectivity index (χ4n) is 3.96. The molecule has 0 amide bonds. The monoisotopic (exact) mass is 417 g/mol. The summed E-state index contributed by atoms with van der Waals surface area (Å²) in [5.74, 6) is 1.94. The normalized spacial score (nSPS) is 14.9. The smallest absolute Gasteiger partial charge is 0.142 e. The summed E-state index contributed by atoms with van der Waals surface area (Å²) in [6.07, 6.45) is 6.05. The minimum absolute atomic E-state index is 0.697. The second-order valence-corrected chi connectivity index (χ2v) is 7.80. The van der Waals surface area contributed by atoms with Crippen molar-refractivity contribution in [1.82, 2.24) is 10.1 Å². The summed E-state index contributed by atoms with van der Waals surface area (Å²) in [6.45, 7) is 8.01. The van der Waals surface area contributed by atoms with Crippen LogP contribution in [0.15, 0.2) is 65.2 Å². The van der Waals surface area contributed by atoms with Crippen LogP contribution < -0.4 is 9.64 Å². The van der Waals surface area contributed by atoms with E-state index >= 15 is 0 Å². The van der Waals surface area contributed by atoms with E-state index in [0.29, 0.717) is 6.61 Å². The highest BCUT2D eigenvalue weighted by molar-refractivity contribution is 5.67. The molecule has 0 saturated carbocycles. The van der Waals surface area contributed by atoms with Gasteiger partial charge in [0, 0.05) is 38.7 Å². The third-order valence-corrected chi connectivity index (χ3v) is 5.60. The minimum Gasteiger partial charge on any atom is -0.492 e. The SMILES string of the molecule is CCOc1ccccc1N1CCN(CCCc2cc(/C=C/c3ccccc3)no2)CC1. The fraction of sp³-hybridized carbons (Fsp3) is 0.346. The van der Waals surface area contributed by atoms with Crippen molar-refractivity contribution in [2.45, 2.75) is 19.8 Å². The largest absolute Gasteiger partial charge is 0.492 e. The average Bonchev–Trinajstić information content (AvgIpc) is 3.27. The van der Waals surface area contributed by atoms with Crippen molar-refractivity contribution in [3.8, 4) is 5.75 Å². The summed E-state index contributed by atoms with van der Waals surface area (Å²) in [5, 5.41) is 4.17. The third kappa shape index (κ3) is 5.98. The van der Waals surface area contributed by atoms with Gasteiger partial charge in [-0.25, -0.2) is 0 Å². The van der Waals surface area contributed by atoms with Crippen molar-refractivity contribution in [2.24, 2.45) is 0 Å². The van der Waals surface area contributed by atoms with E-state index in [1.54, 1.807) is 0 Å². The average molecular weight is 418 g/mol. The van der Waals surface area contributed by atoms with Crippen molar-refractivity contribution in [2.75, 3.05) is 44.2 Å². The van der Waals surface area contributed by atoms with Gasteiger partial charge < -0.3 is 14.2 Å². The Morgan fingerprint density at radius 3 is 2.55 bits per heavy atom. The quantitative estimate of drug-likeness (QED) is 0.490. The van der Waals surface area contributed by atoms with Gasteiger partial charge in [-0.15, -0.1) is 0 Å². The molecule has 31 heavy (non-hydrogen) atoms. The van der Waals surface area contributed by atoms with Gasteiger partial charge in [0.15, 0.2) is 0 Å². The molecule has 1 aliphatic heterocycles. The number of aromatic nitrogens is 1. The number of anilines is 1. The van der Waals surface area contributed by atoms with Crippen molar-refractivity contribution in [3.05, 3.63) is 77.7 Å². The molecule has 1 aliphatic rings. The molecular formula is C26H31N3O2.